The fraction of sp³-hybridized carbons (Fsp3) is 0.167. The Hall–Kier alpha value is -2.81. The predicted molar refractivity (Wildman–Crippen MR) is 73.3 cm³/mol. The zero-order chi connectivity index (χ0) is 15.4. The molecule has 2 aromatic rings. The van der Waals surface area contributed by atoms with Gasteiger partial charge in [-0.1, -0.05) is 0 Å². The van der Waals surface area contributed by atoms with Crippen LogP contribution in [0.1, 0.15) is 16.1 Å². The molecule has 0 aliphatic heterocycles. The lowest BCUT2D eigenvalue weighted by molar-refractivity contribution is 0.102. The molecular weight excluding hydrogens is 279 g/mol. The third-order valence-corrected chi connectivity index (χ3v) is 2.54. The number of nitrogens with two attached hydrogens (primary N) is 1. The number of halogens is 1. The first-order chi connectivity index (χ1) is 10.0. The first-order valence-electron chi connectivity index (χ1n) is 5.87. The van der Waals surface area contributed by atoms with Gasteiger partial charge in [-0.05, 0) is 13.0 Å². The average molecular weight is 292 g/mol. The molecule has 4 N–H and O–H groups in total. The molecule has 0 aromatic carbocycles. The van der Waals surface area contributed by atoms with Crippen LogP contribution in [0.2, 0.25) is 0 Å². The fourth-order valence-electron chi connectivity index (χ4n) is 1.59. The molecule has 110 valence electrons. The van der Waals surface area contributed by atoms with Gasteiger partial charge in [0, 0.05) is 18.0 Å². The molecule has 0 unspecified atom stereocenters. The average Bonchev–Trinajstić information content (AvgIpc) is 2.46. The molecule has 0 spiro atoms. The number of aromatic nitrogens is 3. The van der Waals surface area contributed by atoms with Gasteiger partial charge in [-0.25, -0.2) is 20.2 Å². The predicted octanol–water partition coefficient (Wildman–Crippen LogP) is 0.866. The number of ether oxygens (including phenoxy) is 1. The molecule has 0 saturated carbocycles. The van der Waals surface area contributed by atoms with Crippen LogP contribution in [0, 0.1) is 12.7 Å². The number of nitrogen functional groups attached to an aromatic ring is 1. The highest BCUT2D eigenvalue weighted by Crippen LogP contribution is 2.16. The third kappa shape index (κ3) is 3.20. The van der Waals surface area contributed by atoms with Crippen molar-refractivity contribution in [1.29, 1.82) is 0 Å². The summed E-state index contributed by atoms with van der Waals surface area (Å²) >= 11 is 0. The number of hydrogen-bond donors (Lipinski definition) is 3. The zero-order valence-electron chi connectivity index (χ0n) is 11.3. The molecule has 0 fully saturated rings. The minimum atomic E-state index is -0.864. The van der Waals surface area contributed by atoms with E-state index in [9.17, 15) is 9.18 Å². The molecule has 1 amide bonds. The van der Waals surface area contributed by atoms with Crippen molar-refractivity contribution in [3.8, 4) is 5.88 Å². The topological polar surface area (TPSA) is 115 Å². The Kier molecular flexibility index (Phi) is 4.24. The van der Waals surface area contributed by atoms with Crippen LogP contribution in [-0.2, 0) is 0 Å². The summed E-state index contributed by atoms with van der Waals surface area (Å²) in [6.45, 7) is 1.71. The van der Waals surface area contributed by atoms with E-state index in [2.05, 4.69) is 25.7 Å². The summed E-state index contributed by atoms with van der Waals surface area (Å²) in [4.78, 5) is 23.7. The van der Waals surface area contributed by atoms with Crippen molar-refractivity contribution in [2.45, 2.75) is 6.92 Å². The van der Waals surface area contributed by atoms with E-state index in [1.54, 1.807) is 13.0 Å². The Morgan fingerprint density at radius 2 is 2.19 bits per heavy atom. The Morgan fingerprint density at radius 1 is 1.43 bits per heavy atom. The van der Waals surface area contributed by atoms with Crippen LogP contribution in [0.15, 0.2) is 18.3 Å². The van der Waals surface area contributed by atoms with Gasteiger partial charge in [0.1, 0.15) is 0 Å². The minimum Gasteiger partial charge on any atom is -0.481 e. The number of hydrazine groups is 1. The normalized spacial score (nSPS) is 10.1. The number of anilines is 2. The van der Waals surface area contributed by atoms with Gasteiger partial charge in [0.25, 0.3) is 5.91 Å². The second-order valence-electron chi connectivity index (χ2n) is 3.99. The number of amides is 1. The van der Waals surface area contributed by atoms with E-state index >= 15 is 0 Å². The number of aryl methyl sites for hydroxylation is 1. The number of nitrogens with one attached hydrogen (secondary N) is 2. The largest absolute Gasteiger partial charge is 0.481 e. The smallest absolute Gasteiger partial charge is 0.261 e. The molecule has 0 aliphatic carbocycles. The lowest BCUT2D eigenvalue weighted by atomic mass is 10.2. The van der Waals surface area contributed by atoms with Crippen LogP contribution in [0.5, 0.6) is 5.88 Å². The molecule has 2 aromatic heterocycles. The lowest BCUT2D eigenvalue weighted by Gasteiger charge is -2.08. The number of rotatable bonds is 4. The maximum absolute atomic E-state index is 13.9. The highest BCUT2D eigenvalue weighted by molar-refractivity contribution is 6.04. The Balaban J connectivity index is 2.28. The minimum absolute atomic E-state index is 0.00956. The maximum Gasteiger partial charge on any atom is 0.261 e. The number of methoxy groups -OCH3 is 1. The van der Waals surface area contributed by atoms with Crippen molar-refractivity contribution in [3.63, 3.8) is 0 Å². The Morgan fingerprint density at radius 3 is 2.86 bits per heavy atom. The molecule has 0 aliphatic rings. The van der Waals surface area contributed by atoms with Gasteiger partial charge >= 0.3 is 0 Å². The van der Waals surface area contributed by atoms with E-state index in [-0.39, 0.29) is 23.2 Å². The first kappa shape index (κ1) is 14.6. The summed E-state index contributed by atoms with van der Waals surface area (Å²) in [5.74, 6) is 3.59. The summed E-state index contributed by atoms with van der Waals surface area (Å²) in [5.41, 5.74) is 2.42. The SMILES string of the molecule is COc1cc(C)nc(NC(=O)c2ccnc(NN)c2F)n1. The summed E-state index contributed by atoms with van der Waals surface area (Å²) in [7, 11) is 1.44. The monoisotopic (exact) mass is 292 g/mol. The van der Waals surface area contributed by atoms with Crippen LogP contribution in [0.4, 0.5) is 16.2 Å². The molecule has 2 heterocycles. The number of hydrogen-bond acceptors (Lipinski definition) is 7. The number of carbonyl (C=O) groups is 1. The molecule has 2 rings (SSSR count). The van der Waals surface area contributed by atoms with E-state index in [1.807, 2.05) is 0 Å². The van der Waals surface area contributed by atoms with E-state index in [0.29, 0.717) is 5.69 Å². The number of nitrogens with zero attached hydrogens (tertiary/aromatic N) is 3. The molecule has 0 saturated heterocycles. The second kappa shape index (κ2) is 6.09. The highest BCUT2D eigenvalue weighted by atomic mass is 19.1. The molecule has 8 nitrogen and oxygen atoms in total. The van der Waals surface area contributed by atoms with Gasteiger partial charge in [0.15, 0.2) is 11.6 Å². The quantitative estimate of drug-likeness (QED) is 0.565. The Bertz CT molecular complexity index is 679. The van der Waals surface area contributed by atoms with Crippen LogP contribution < -0.4 is 21.3 Å². The summed E-state index contributed by atoms with van der Waals surface area (Å²) in [5, 5.41) is 2.39. The van der Waals surface area contributed by atoms with Crippen LogP contribution in [0.25, 0.3) is 0 Å². The standard InChI is InChI=1S/C12H13FN6O2/c1-6-5-8(21-2)17-12(16-6)18-11(20)7-3-4-15-10(19-14)9(7)13/h3-5H,14H2,1-2H3,(H,15,19)(H,16,17,18,20). The fourth-order valence-corrected chi connectivity index (χ4v) is 1.59. The zero-order valence-corrected chi connectivity index (χ0v) is 11.3. The third-order valence-electron chi connectivity index (χ3n) is 2.54. The van der Waals surface area contributed by atoms with Crippen LogP contribution >= 0.6 is 0 Å². The van der Waals surface area contributed by atoms with Crippen molar-refractivity contribution >= 4 is 17.7 Å². The first-order valence-corrected chi connectivity index (χ1v) is 5.87. The Labute approximate surface area is 119 Å². The molecule has 0 bridgehead atoms. The van der Waals surface area contributed by atoms with Gasteiger partial charge in [0.2, 0.25) is 11.8 Å². The van der Waals surface area contributed by atoms with E-state index in [0.717, 1.165) is 0 Å². The second-order valence-corrected chi connectivity index (χ2v) is 3.99. The number of pyridine rings is 1. The lowest BCUT2D eigenvalue weighted by Crippen LogP contribution is -2.19. The van der Waals surface area contributed by atoms with Crippen molar-refractivity contribution in [3.05, 3.63) is 35.4 Å². The van der Waals surface area contributed by atoms with Crippen molar-refractivity contribution in [1.82, 2.24) is 15.0 Å². The molecule has 21 heavy (non-hydrogen) atoms. The summed E-state index contributed by atoms with van der Waals surface area (Å²) in [6, 6.07) is 2.82. The van der Waals surface area contributed by atoms with Crippen molar-refractivity contribution < 1.29 is 13.9 Å². The molecule has 0 radical (unpaired) electrons. The van der Waals surface area contributed by atoms with E-state index in [1.165, 1.54) is 19.4 Å². The van der Waals surface area contributed by atoms with Gasteiger partial charge in [0.05, 0.1) is 12.7 Å². The van der Waals surface area contributed by atoms with Crippen molar-refractivity contribution in [2.24, 2.45) is 5.84 Å². The summed E-state index contributed by atoms with van der Waals surface area (Å²) < 4.78 is 18.9. The van der Waals surface area contributed by atoms with Crippen LogP contribution in [-0.4, -0.2) is 28.0 Å². The van der Waals surface area contributed by atoms with Gasteiger partial charge in [-0.3, -0.25) is 10.1 Å². The van der Waals surface area contributed by atoms with Crippen molar-refractivity contribution in [2.75, 3.05) is 17.9 Å². The highest BCUT2D eigenvalue weighted by Gasteiger charge is 2.17. The molecule has 9 heteroatoms. The van der Waals surface area contributed by atoms with Gasteiger partial charge in [-0.2, -0.15) is 4.98 Å². The molecular formula is C12H13FN6O2. The molecule has 0 atom stereocenters. The maximum atomic E-state index is 13.9. The van der Waals surface area contributed by atoms with Gasteiger partial charge in [-0.15, -0.1) is 0 Å². The number of carbonyl (C=O) groups excluding carboxylic acids is 1. The van der Waals surface area contributed by atoms with E-state index < -0.39 is 11.7 Å². The van der Waals surface area contributed by atoms with Gasteiger partial charge < -0.3 is 10.2 Å². The van der Waals surface area contributed by atoms with Crippen LogP contribution in [0.3, 0.4) is 0 Å². The van der Waals surface area contributed by atoms with E-state index in [4.69, 9.17) is 10.6 Å². The summed E-state index contributed by atoms with van der Waals surface area (Å²) in [6.07, 6.45) is 1.25.